The van der Waals surface area contributed by atoms with Crippen LogP contribution in [0.3, 0.4) is 0 Å². The van der Waals surface area contributed by atoms with Crippen LogP contribution in [0.25, 0.3) is 0 Å². The Morgan fingerprint density at radius 3 is 1.90 bits per heavy atom. The molecule has 0 heterocycles. The maximum Gasteiger partial charge on any atom is 0.484 e. The van der Waals surface area contributed by atoms with Gasteiger partial charge < -0.3 is 23.1 Å². The van der Waals surface area contributed by atoms with E-state index in [1.54, 1.807) is 0 Å². The Bertz CT molecular complexity index is 213. The monoisotopic (exact) mass is 306 g/mol. The standard InChI is InChI=1S/C14H34N2O3Si/c1-7-17-20(18-8-2)19-12-10-14(13-16(5)6)9-11-15(3)4/h14,20H,7-13H2,1-6H3. The highest BCUT2D eigenvalue weighted by Crippen LogP contribution is 2.11. The molecule has 0 aliphatic heterocycles. The number of nitrogens with zero attached hydrogens (tertiary/aromatic N) is 2. The minimum Gasteiger partial charge on any atom is -0.376 e. The first-order chi connectivity index (χ1) is 9.49. The summed E-state index contributed by atoms with van der Waals surface area (Å²) in [6.45, 7) is 8.26. The first kappa shape index (κ1) is 20.0. The van der Waals surface area contributed by atoms with Gasteiger partial charge in [-0.15, -0.1) is 0 Å². The highest BCUT2D eigenvalue weighted by Gasteiger charge is 2.16. The predicted octanol–water partition coefficient (Wildman–Crippen LogP) is 1.31. The summed E-state index contributed by atoms with van der Waals surface area (Å²) in [5.41, 5.74) is 0. The topological polar surface area (TPSA) is 34.2 Å². The molecule has 6 heteroatoms. The Balaban J connectivity index is 4.02. The van der Waals surface area contributed by atoms with Crippen LogP contribution in [0.15, 0.2) is 0 Å². The van der Waals surface area contributed by atoms with Crippen molar-refractivity contribution in [3.05, 3.63) is 0 Å². The quantitative estimate of drug-likeness (QED) is 0.479. The van der Waals surface area contributed by atoms with E-state index in [0.29, 0.717) is 19.1 Å². The van der Waals surface area contributed by atoms with Gasteiger partial charge in [0, 0.05) is 26.4 Å². The van der Waals surface area contributed by atoms with Crippen molar-refractivity contribution in [3.63, 3.8) is 0 Å². The Morgan fingerprint density at radius 2 is 1.45 bits per heavy atom. The second kappa shape index (κ2) is 12.7. The average molecular weight is 307 g/mol. The van der Waals surface area contributed by atoms with E-state index in [4.69, 9.17) is 13.3 Å². The van der Waals surface area contributed by atoms with Crippen LogP contribution in [0.2, 0.25) is 0 Å². The number of hydrogen-bond donors (Lipinski definition) is 0. The van der Waals surface area contributed by atoms with E-state index >= 15 is 0 Å². The molecule has 0 saturated carbocycles. The average Bonchev–Trinajstić information content (AvgIpc) is 2.35. The Hall–Kier alpha value is 0.0169. The Kier molecular flexibility index (Phi) is 12.7. The lowest BCUT2D eigenvalue weighted by molar-refractivity contribution is 0.0937. The molecule has 0 fully saturated rings. The summed E-state index contributed by atoms with van der Waals surface area (Å²) in [7, 11) is 6.60. The van der Waals surface area contributed by atoms with E-state index in [2.05, 4.69) is 38.0 Å². The summed E-state index contributed by atoms with van der Waals surface area (Å²) in [5.74, 6) is 0.658. The molecule has 0 bridgehead atoms. The first-order valence-electron chi connectivity index (χ1n) is 7.63. The van der Waals surface area contributed by atoms with Crippen LogP contribution in [0, 0.1) is 5.92 Å². The van der Waals surface area contributed by atoms with E-state index in [0.717, 1.165) is 26.1 Å². The van der Waals surface area contributed by atoms with Crippen LogP contribution in [0.5, 0.6) is 0 Å². The van der Waals surface area contributed by atoms with Gasteiger partial charge in [0.1, 0.15) is 0 Å². The molecule has 20 heavy (non-hydrogen) atoms. The van der Waals surface area contributed by atoms with E-state index < -0.39 is 9.53 Å². The molecule has 0 N–H and O–H groups in total. The smallest absolute Gasteiger partial charge is 0.376 e. The van der Waals surface area contributed by atoms with Crippen molar-refractivity contribution >= 4 is 9.53 Å². The molecule has 1 atom stereocenters. The number of hydrogen-bond acceptors (Lipinski definition) is 5. The van der Waals surface area contributed by atoms with Crippen molar-refractivity contribution in [1.82, 2.24) is 9.80 Å². The van der Waals surface area contributed by atoms with Gasteiger partial charge in [-0.3, -0.25) is 0 Å². The third kappa shape index (κ3) is 11.8. The predicted molar refractivity (Wildman–Crippen MR) is 86.2 cm³/mol. The van der Waals surface area contributed by atoms with Gasteiger partial charge in [-0.05, 0) is 67.3 Å². The molecule has 0 aromatic carbocycles. The second-order valence-electron chi connectivity index (χ2n) is 5.58. The number of rotatable bonds is 13. The van der Waals surface area contributed by atoms with Crippen LogP contribution in [0.4, 0.5) is 0 Å². The van der Waals surface area contributed by atoms with Gasteiger partial charge in [-0.25, -0.2) is 0 Å². The second-order valence-corrected chi connectivity index (χ2v) is 7.16. The lowest BCUT2D eigenvalue weighted by Crippen LogP contribution is -2.30. The third-order valence-electron chi connectivity index (χ3n) is 2.99. The van der Waals surface area contributed by atoms with Crippen LogP contribution < -0.4 is 0 Å². The van der Waals surface area contributed by atoms with Crippen LogP contribution in [-0.2, 0) is 13.3 Å². The fourth-order valence-electron chi connectivity index (χ4n) is 2.03. The van der Waals surface area contributed by atoms with E-state index in [1.807, 2.05) is 13.8 Å². The Labute approximate surface area is 127 Å². The molecule has 0 aliphatic carbocycles. The lowest BCUT2D eigenvalue weighted by atomic mass is 10.0. The van der Waals surface area contributed by atoms with Crippen LogP contribution >= 0.6 is 0 Å². The summed E-state index contributed by atoms with van der Waals surface area (Å²) >= 11 is 0. The van der Waals surface area contributed by atoms with Crippen LogP contribution in [0.1, 0.15) is 26.7 Å². The molecule has 5 nitrogen and oxygen atoms in total. The van der Waals surface area contributed by atoms with Crippen molar-refractivity contribution in [3.8, 4) is 0 Å². The minimum atomic E-state index is -1.89. The zero-order valence-electron chi connectivity index (χ0n) is 14.2. The van der Waals surface area contributed by atoms with E-state index in [1.165, 1.54) is 6.42 Å². The fraction of sp³-hybridized carbons (Fsp3) is 1.00. The van der Waals surface area contributed by atoms with Crippen molar-refractivity contribution in [2.24, 2.45) is 5.92 Å². The molecule has 0 aromatic heterocycles. The molecular formula is C14H34N2O3Si. The van der Waals surface area contributed by atoms with Crippen molar-refractivity contribution in [2.45, 2.75) is 26.7 Å². The maximum atomic E-state index is 5.80. The van der Waals surface area contributed by atoms with Gasteiger partial charge in [-0.2, -0.15) is 0 Å². The van der Waals surface area contributed by atoms with Gasteiger partial charge in [0.15, 0.2) is 0 Å². The fourth-order valence-corrected chi connectivity index (χ4v) is 3.19. The zero-order chi connectivity index (χ0) is 15.4. The zero-order valence-corrected chi connectivity index (χ0v) is 15.4. The minimum absolute atomic E-state index is 0.658. The molecule has 0 spiro atoms. The molecule has 0 saturated heterocycles. The molecule has 0 aromatic rings. The molecule has 0 amide bonds. The third-order valence-corrected chi connectivity index (χ3v) is 4.71. The lowest BCUT2D eigenvalue weighted by Gasteiger charge is -2.23. The van der Waals surface area contributed by atoms with Gasteiger partial charge in [0.25, 0.3) is 0 Å². The molecule has 0 rings (SSSR count). The van der Waals surface area contributed by atoms with Gasteiger partial charge in [0.2, 0.25) is 0 Å². The molecule has 0 aliphatic rings. The summed E-state index contributed by atoms with van der Waals surface area (Å²) < 4.78 is 16.8. The summed E-state index contributed by atoms with van der Waals surface area (Å²) in [4.78, 5) is 4.49. The molecule has 1 unspecified atom stereocenters. The molecular weight excluding hydrogens is 272 g/mol. The van der Waals surface area contributed by atoms with Crippen molar-refractivity contribution in [1.29, 1.82) is 0 Å². The normalized spacial score (nSPS) is 13.7. The van der Waals surface area contributed by atoms with E-state index in [9.17, 15) is 0 Å². The largest absolute Gasteiger partial charge is 0.484 e. The van der Waals surface area contributed by atoms with Gasteiger partial charge in [0.05, 0.1) is 0 Å². The summed E-state index contributed by atoms with van der Waals surface area (Å²) in [6, 6.07) is 0. The van der Waals surface area contributed by atoms with Gasteiger partial charge in [-0.1, -0.05) is 0 Å². The molecule has 0 radical (unpaired) electrons. The van der Waals surface area contributed by atoms with Crippen molar-refractivity contribution in [2.75, 3.05) is 61.1 Å². The highest BCUT2D eigenvalue weighted by molar-refractivity contribution is 6.36. The molecule has 122 valence electrons. The van der Waals surface area contributed by atoms with Gasteiger partial charge >= 0.3 is 9.53 Å². The highest BCUT2D eigenvalue weighted by atomic mass is 28.3. The van der Waals surface area contributed by atoms with Crippen LogP contribution in [-0.4, -0.2) is 80.4 Å². The summed E-state index contributed by atoms with van der Waals surface area (Å²) in [5, 5.41) is 0. The summed E-state index contributed by atoms with van der Waals surface area (Å²) in [6.07, 6.45) is 2.26. The van der Waals surface area contributed by atoms with E-state index in [-0.39, 0.29) is 0 Å². The first-order valence-corrected chi connectivity index (χ1v) is 9.05. The SMILES string of the molecule is CCO[SiH](OCC)OCCC(CCN(C)C)CN(C)C. The maximum absolute atomic E-state index is 5.80. The van der Waals surface area contributed by atoms with Crippen molar-refractivity contribution < 1.29 is 13.3 Å². The Morgan fingerprint density at radius 1 is 0.850 bits per heavy atom.